The zero-order valence-corrected chi connectivity index (χ0v) is 51.7. The highest BCUT2D eigenvalue weighted by atomic mass is 15.1. The molecule has 0 aromatic heterocycles. The number of benzene rings is 10. The Balaban J connectivity index is 0.718. The van der Waals surface area contributed by atoms with Crippen molar-refractivity contribution >= 4 is 57.9 Å². The van der Waals surface area contributed by atoms with Gasteiger partial charge in [0.05, 0.1) is 0 Å². The minimum atomic E-state index is -0.197. The van der Waals surface area contributed by atoms with E-state index in [4.69, 9.17) is 0 Å². The van der Waals surface area contributed by atoms with Crippen molar-refractivity contribution in [2.75, 3.05) is 9.80 Å². The molecule has 0 atom stereocenters. The Morgan fingerprint density at radius 3 is 1.22 bits per heavy atom. The lowest BCUT2D eigenvalue weighted by atomic mass is 9.78. The van der Waals surface area contributed by atoms with Crippen molar-refractivity contribution in [3.8, 4) is 33.4 Å². The normalized spacial score (nSPS) is 14.9. The maximum absolute atomic E-state index is 2.49. The van der Waals surface area contributed by atoms with Crippen LogP contribution in [-0.4, -0.2) is 0 Å². The van der Waals surface area contributed by atoms with Crippen LogP contribution < -0.4 is 9.80 Å². The van der Waals surface area contributed by atoms with Gasteiger partial charge in [-0.3, -0.25) is 0 Å². The Hall–Kier alpha value is -9.24. The molecule has 2 nitrogen and oxygen atoms in total. The molecule has 424 valence electrons. The Morgan fingerprint density at radius 2 is 0.721 bits per heavy atom. The van der Waals surface area contributed by atoms with Crippen LogP contribution in [0.4, 0.5) is 34.1 Å². The number of anilines is 6. The van der Waals surface area contributed by atoms with Crippen molar-refractivity contribution < 1.29 is 0 Å². The highest BCUT2D eigenvalue weighted by Gasteiger charge is 2.39. The number of fused-ring (bicyclic) bond motifs is 5. The summed E-state index contributed by atoms with van der Waals surface area (Å²) in [5.74, 6) is 0. The molecule has 3 aliphatic carbocycles. The van der Waals surface area contributed by atoms with Gasteiger partial charge in [-0.1, -0.05) is 263 Å². The number of nitrogens with zero attached hydrogens (tertiary/aromatic N) is 2. The molecule has 0 aliphatic heterocycles. The second-order valence-corrected chi connectivity index (χ2v) is 27.1. The highest BCUT2D eigenvalue weighted by Crippen LogP contribution is 2.54. The smallest absolute Gasteiger partial charge is 0.0467 e. The van der Waals surface area contributed by atoms with E-state index in [1.54, 1.807) is 0 Å². The fourth-order valence-electron chi connectivity index (χ4n) is 13.4. The Labute approximate surface area is 511 Å². The molecule has 3 aliphatic rings. The second kappa shape index (κ2) is 22.0. The topological polar surface area (TPSA) is 6.48 Å². The summed E-state index contributed by atoms with van der Waals surface area (Å²) in [6.07, 6.45) is 13.7. The summed E-state index contributed by atoms with van der Waals surface area (Å²) in [5.41, 5.74) is 30.2. The van der Waals surface area contributed by atoms with Gasteiger partial charge in [0.15, 0.2) is 0 Å². The van der Waals surface area contributed by atoms with Gasteiger partial charge < -0.3 is 9.80 Å². The fourth-order valence-corrected chi connectivity index (χ4v) is 13.4. The molecule has 0 heterocycles. The van der Waals surface area contributed by atoms with Gasteiger partial charge in [-0.2, -0.15) is 0 Å². The molecule has 10 aromatic rings. The maximum Gasteiger partial charge on any atom is 0.0467 e. The third kappa shape index (κ3) is 10.7. The molecule has 0 unspecified atom stereocenters. The maximum atomic E-state index is 2.49. The largest absolute Gasteiger partial charge is 0.310 e. The van der Waals surface area contributed by atoms with Crippen LogP contribution in [0.15, 0.2) is 260 Å². The van der Waals surface area contributed by atoms with Crippen LogP contribution in [0.25, 0.3) is 57.2 Å². The van der Waals surface area contributed by atoms with Crippen LogP contribution in [0.2, 0.25) is 0 Å². The van der Waals surface area contributed by atoms with Crippen molar-refractivity contribution in [2.24, 2.45) is 0 Å². The van der Waals surface area contributed by atoms with Gasteiger partial charge in [0, 0.05) is 45.0 Å². The van der Waals surface area contributed by atoms with Crippen molar-refractivity contribution in [1.82, 2.24) is 0 Å². The standard InChI is InChI=1S/C84H78N2/c1-81(2,3)65-37-41-67(42-38-65)85(69-25-17-23-63(53-69)61-19-13-11-14-20-61)71-45-49-75-73-47-35-59(51-77(73)83(7,8)79(75)55-71)33-31-57-27-29-58(30-28-57)32-34-60-36-48-74-76-50-46-72(56-80(76)84(9,10)78(74)52-60)86(68-43-39-66(40-44-68)82(4,5)6)70-26-18-24-64(54-70)62-21-15-12-16-22-62/h11-35,37-47,49-56H,36,48H2,1-10H3/b33-31+,34-32+. The summed E-state index contributed by atoms with van der Waals surface area (Å²) < 4.78 is 0. The van der Waals surface area contributed by atoms with E-state index in [0.717, 1.165) is 41.3 Å². The van der Waals surface area contributed by atoms with E-state index in [9.17, 15) is 0 Å². The Morgan fingerprint density at radius 1 is 0.326 bits per heavy atom. The lowest BCUT2D eigenvalue weighted by molar-refractivity contribution is 0.590. The number of rotatable bonds is 12. The zero-order chi connectivity index (χ0) is 59.5. The van der Waals surface area contributed by atoms with Gasteiger partial charge in [-0.05, 0) is 197 Å². The third-order valence-corrected chi connectivity index (χ3v) is 18.5. The summed E-state index contributed by atoms with van der Waals surface area (Å²) >= 11 is 0. The van der Waals surface area contributed by atoms with E-state index >= 15 is 0 Å². The number of hydrogen-bond donors (Lipinski definition) is 0. The molecule has 86 heavy (non-hydrogen) atoms. The van der Waals surface area contributed by atoms with E-state index in [1.165, 1.54) is 106 Å². The molecule has 0 fully saturated rings. The van der Waals surface area contributed by atoms with Crippen LogP contribution in [0.1, 0.15) is 132 Å². The summed E-state index contributed by atoms with van der Waals surface area (Å²) in [7, 11) is 0. The highest BCUT2D eigenvalue weighted by molar-refractivity contribution is 5.90. The van der Waals surface area contributed by atoms with Crippen molar-refractivity contribution in [3.05, 3.63) is 310 Å². The fraction of sp³-hybridized carbons (Fsp3) is 0.190. The first-order chi connectivity index (χ1) is 41.4. The molecule has 0 amide bonds. The lowest BCUT2D eigenvalue weighted by Crippen LogP contribution is -2.18. The Kier molecular flexibility index (Phi) is 14.3. The molecule has 0 bridgehead atoms. The quantitative estimate of drug-likeness (QED) is 0.113. The SMILES string of the molecule is CC(C)(C)c1ccc(N(c2cccc(-c3ccccc3)c2)c2ccc3c(c2)C(C)(C)C2=C3CCC(/C=C/c3ccc(/C=C/c4ccc5c(c4)C(C)(C)c4cc(N(c6ccc(C(C)(C)C)cc6)c6cccc(-c7ccccc7)c6)ccc4-5)cc3)=C2)cc1. The number of allylic oxidation sites excluding steroid dienone is 5. The minimum Gasteiger partial charge on any atom is -0.310 e. The molecule has 0 N–H and O–H groups in total. The number of hydrogen-bond acceptors (Lipinski definition) is 2. The van der Waals surface area contributed by atoms with Gasteiger partial charge in [0.2, 0.25) is 0 Å². The summed E-state index contributed by atoms with van der Waals surface area (Å²) in [5, 5.41) is 0. The average Bonchev–Trinajstić information content (AvgIpc) is 1.65. The molecular weight excluding hydrogens is 1040 g/mol. The van der Waals surface area contributed by atoms with Crippen molar-refractivity contribution in [3.63, 3.8) is 0 Å². The second-order valence-electron chi connectivity index (χ2n) is 27.1. The van der Waals surface area contributed by atoms with Crippen molar-refractivity contribution in [2.45, 2.75) is 104 Å². The predicted octanol–water partition coefficient (Wildman–Crippen LogP) is 23.5. The van der Waals surface area contributed by atoms with E-state index in [2.05, 4.69) is 346 Å². The van der Waals surface area contributed by atoms with Crippen LogP contribution >= 0.6 is 0 Å². The molecule has 0 radical (unpaired) electrons. The summed E-state index contributed by atoms with van der Waals surface area (Å²) in [4.78, 5) is 4.86. The van der Waals surface area contributed by atoms with Crippen LogP contribution in [-0.2, 0) is 21.7 Å². The monoisotopic (exact) mass is 1110 g/mol. The predicted molar refractivity (Wildman–Crippen MR) is 370 cm³/mol. The van der Waals surface area contributed by atoms with E-state index in [-0.39, 0.29) is 21.7 Å². The first-order valence-corrected chi connectivity index (χ1v) is 30.8. The minimum absolute atomic E-state index is 0.0642. The summed E-state index contributed by atoms with van der Waals surface area (Å²) in [6.45, 7) is 23.3. The molecule has 10 aromatic carbocycles. The molecule has 2 heteroatoms. The lowest BCUT2D eigenvalue weighted by Gasteiger charge is -2.29. The summed E-state index contributed by atoms with van der Waals surface area (Å²) in [6, 6.07) is 88.0. The van der Waals surface area contributed by atoms with E-state index < -0.39 is 0 Å². The van der Waals surface area contributed by atoms with Crippen LogP contribution in [0, 0.1) is 0 Å². The molecule has 0 saturated carbocycles. The van der Waals surface area contributed by atoms with Gasteiger partial charge >= 0.3 is 0 Å². The molecule has 0 spiro atoms. The van der Waals surface area contributed by atoms with Crippen LogP contribution in [0.3, 0.4) is 0 Å². The molecular formula is C84H78N2. The van der Waals surface area contributed by atoms with E-state index in [1.807, 2.05) is 0 Å². The third-order valence-electron chi connectivity index (χ3n) is 18.5. The zero-order valence-electron chi connectivity index (χ0n) is 51.7. The van der Waals surface area contributed by atoms with Crippen LogP contribution in [0.5, 0.6) is 0 Å². The van der Waals surface area contributed by atoms with Gasteiger partial charge in [-0.15, -0.1) is 0 Å². The van der Waals surface area contributed by atoms with Gasteiger partial charge in [-0.25, -0.2) is 0 Å². The average molecular weight is 1120 g/mol. The molecule has 0 saturated heterocycles. The van der Waals surface area contributed by atoms with Gasteiger partial charge in [0.25, 0.3) is 0 Å². The van der Waals surface area contributed by atoms with Gasteiger partial charge in [0.1, 0.15) is 0 Å². The first-order valence-electron chi connectivity index (χ1n) is 30.8. The van der Waals surface area contributed by atoms with E-state index in [0.29, 0.717) is 0 Å². The Bertz CT molecular complexity index is 4300. The molecule has 13 rings (SSSR count). The van der Waals surface area contributed by atoms with Crippen molar-refractivity contribution in [1.29, 1.82) is 0 Å². The first kappa shape index (κ1) is 55.9.